The average molecular weight is 249 g/mol. The second-order valence-electron chi connectivity index (χ2n) is 4.88. The van der Waals surface area contributed by atoms with Crippen molar-refractivity contribution in [1.29, 1.82) is 0 Å². The highest BCUT2D eigenvalue weighted by Gasteiger charge is 2.28. The van der Waals surface area contributed by atoms with Crippen molar-refractivity contribution >= 4 is 5.69 Å². The molecule has 4 heteroatoms. The molecular weight excluding hydrogens is 230 g/mol. The van der Waals surface area contributed by atoms with Gasteiger partial charge in [-0.2, -0.15) is 0 Å². The number of fused-ring (bicyclic) bond motifs is 1. The van der Waals surface area contributed by atoms with E-state index < -0.39 is 0 Å². The third-order valence-corrected chi connectivity index (χ3v) is 3.55. The molecule has 1 fully saturated rings. The highest BCUT2D eigenvalue weighted by molar-refractivity contribution is 5.55. The molecule has 1 heterocycles. The van der Waals surface area contributed by atoms with E-state index in [0.717, 1.165) is 49.7 Å². The molecule has 0 unspecified atom stereocenters. The third-order valence-electron chi connectivity index (χ3n) is 3.55. The Morgan fingerprint density at radius 1 is 1.17 bits per heavy atom. The fourth-order valence-electron chi connectivity index (χ4n) is 2.36. The van der Waals surface area contributed by atoms with E-state index in [-0.39, 0.29) is 0 Å². The van der Waals surface area contributed by atoms with Gasteiger partial charge in [0.25, 0.3) is 0 Å². The first kappa shape index (κ1) is 11.7. The van der Waals surface area contributed by atoms with Crippen LogP contribution in [0.5, 0.6) is 11.5 Å². The molecular formula is C14H19NO3. The van der Waals surface area contributed by atoms with Gasteiger partial charge in [0.15, 0.2) is 11.5 Å². The topological polar surface area (TPSA) is 39.7 Å². The largest absolute Gasteiger partial charge is 0.490 e. The van der Waals surface area contributed by atoms with Crippen molar-refractivity contribution in [2.75, 3.05) is 25.6 Å². The second-order valence-corrected chi connectivity index (χ2v) is 4.88. The van der Waals surface area contributed by atoms with Gasteiger partial charge in [-0.1, -0.05) is 0 Å². The predicted molar refractivity (Wildman–Crippen MR) is 69.5 cm³/mol. The van der Waals surface area contributed by atoms with Crippen molar-refractivity contribution in [3.8, 4) is 11.5 Å². The summed E-state index contributed by atoms with van der Waals surface area (Å²) >= 11 is 0. The Morgan fingerprint density at radius 3 is 2.72 bits per heavy atom. The minimum absolute atomic E-state index is 0.419. The molecule has 0 atom stereocenters. The van der Waals surface area contributed by atoms with E-state index >= 15 is 0 Å². The van der Waals surface area contributed by atoms with Gasteiger partial charge in [0.1, 0.15) is 0 Å². The standard InChI is InChI=1S/C14H19NO3/c1-16-12-7-11(8-12)15-10-3-4-13-14(9-10)18-6-2-5-17-13/h3-4,9,11-12,15H,2,5-8H2,1H3. The molecule has 1 aromatic carbocycles. The zero-order valence-electron chi connectivity index (χ0n) is 10.6. The summed E-state index contributed by atoms with van der Waals surface area (Å²) in [5, 5.41) is 3.50. The highest BCUT2D eigenvalue weighted by atomic mass is 16.5. The third kappa shape index (κ3) is 2.38. The van der Waals surface area contributed by atoms with E-state index in [1.807, 2.05) is 18.2 Å². The Labute approximate surface area is 107 Å². The van der Waals surface area contributed by atoms with E-state index in [4.69, 9.17) is 14.2 Å². The maximum atomic E-state index is 5.67. The SMILES string of the molecule is COC1CC(Nc2ccc3c(c2)OCCCO3)C1. The molecule has 0 aromatic heterocycles. The van der Waals surface area contributed by atoms with E-state index in [1.54, 1.807) is 7.11 Å². The maximum Gasteiger partial charge on any atom is 0.163 e. The van der Waals surface area contributed by atoms with Crippen molar-refractivity contribution in [1.82, 2.24) is 0 Å². The van der Waals surface area contributed by atoms with Gasteiger partial charge in [-0.3, -0.25) is 0 Å². The Morgan fingerprint density at radius 2 is 1.94 bits per heavy atom. The molecule has 0 spiro atoms. The summed E-state index contributed by atoms with van der Waals surface area (Å²) < 4.78 is 16.6. The van der Waals surface area contributed by atoms with Crippen molar-refractivity contribution in [2.24, 2.45) is 0 Å². The molecule has 1 N–H and O–H groups in total. The highest BCUT2D eigenvalue weighted by Crippen LogP contribution is 2.34. The summed E-state index contributed by atoms with van der Waals surface area (Å²) in [7, 11) is 1.77. The summed E-state index contributed by atoms with van der Waals surface area (Å²) in [6, 6.07) is 6.57. The Hall–Kier alpha value is -1.42. The number of anilines is 1. The molecule has 0 radical (unpaired) electrons. The van der Waals surface area contributed by atoms with Crippen LogP contribution >= 0.6 is 0 Å². The average Bonchev–Trinajstić information content (AvgIpc) is 2.57. The van der Waals surface area contributed by atoms with Crippen LogP contribution in [0, 0.1) is 0 Å². The van der Waals surface area contributed by atoms with Crippen molar-refractivity contribution < 1.29 is 14.2 Å². The predicted octanol–water partition coefficient (Wildman–Crippen LogP) is 2.44. The Kier molecular flexibility index (Phi) is 3.28. The minimum Gasteiger partial charge on any atom is -0.490 e. The summed E-state index contributed by atoms with van der Waals surface area (Å²) in [5.41, 5.74) is 1.10. The van der Waals surface area contributed by atoms with Crippen LogP contribution in [0.15, 0.2) is 18.2 Å². The van der Waals surface area contributed by atoms with Crippen molar-refractivity contribution in [3.63, 3.8) is 0 Å². The lowest BCUT2D eigenvalue weighted by Crippen LogP contribution is -2.40. The Bertz CT molecular complexity index is 416. The molecule has 0 bridgehead atoms. The van der Waals surface area contributed by atoms with Crippen LogP contribution < -0.4 is 14.8 Å². The fraction of sp³-hybridized carbons (Fsp3) is 0.571. The molecule has 98 valence electrons. The smallest absolute Gasteiger partial charge is 0.163 e. The van der Waals surface area contributed by atoms with Crippen molar-refractivity contribution in [3.05, 3.63) is 18.2 Å². The molecule has 1 aromatic rings. The van der Waals surface area contributed by atoms with Gasteiger partial charge in [-0.25, -0.2) is 0 Å². The zero-order chi connectivity index (χ0) is 12.4. The second kappa shape index (κ2) is 5.06. The molecule has 0 saturated heterocycles. The van der Waals surface area contributed by atoms with Crippen LogP contribution in [0.1, 0.15) is 19.3 Å². The van der Waals surface area contributed by atoms with E-state index in [9.17, 15) is 0 Å². The Balaban J connectivity index is 1.65. The number of ether oxygens (including phenoxy) is 3. The van der Waals surface area contributed by atoms with Crippen LogP contribution in [0.25, 0.3) is 0 Å². The van der Waals surface area contributed by atoms with Gasteiger partial charge in [0, 0.05) is 31.3 Å². The number of nitrogens with one attached hydrogen (secondary N) is 1. The molecule has 0 amide bonds. The molecule has 1 saturated carbocycles. The van der Waals surface area contributed by atoms with E-state index in [1.165, 1.54) is 0 Å². The first-order valence-corrected chi connectivity index (χ1v) is 6.54. The zero-order valence-corrected chi connectivity index (χ0v) is 10.6. The lowest BCUT2D eigenvalue weighted by Gasteiger charge is -2.35. The number of rotatable bonds is 3. The van der Waals surface area contributed by atoms with Crippen LogP contribution in [0.3, 0.4) is 0 Å². The number of benzene rings is 1. The molecule has 2 aliphatic rings. The first-order valence-electron chi connectivity index (χ1n) is 6.54. The molecule has 3 rings (SSSR count). The quantitative estimate of drug-likeness (QED) is 0.893. The van der Waals surface area contributed by atoms with Crippen LogP contribution in [0.2, 0.25) is 0 Å². The van der Waals surface area contributed by atoms with Gasteiger partial charge in [0.2, 0.25) is 0 Å². The fourth-order valence-corrected chi connectivity index (χ4v) is 2.36. The van der Waals surface area contributed by atoms with E-state index in [2.05, 4.69) is 5.32 Å². The number of methoxy groups -OCH3 is 1. The molecule has 4 nitrogen and oxygen atoms in total. The number of hydrogen-bond donors (Lipinski definition) is 1. The summed E-state index contributed by atoms with van der Waals surface area (Å²) in [4.78, 5) is 0. The summed E-state index contributed by atoms with van der Waals surface area (Å²) in [5.74, 6) is 1.70. The lowest BCUT2D eigenvalue weighted by atomic mass is 9.89. The van der Waals surface area contributed by atoms with Crippen LogP contribution in [0.4, 0.5) is 5.69 Å². The van der Waals surface area contributed by atoms with Crippen LogP contribution in [-0.2, 0) is 4.74 Å². The van der Waals surface area contributed by atoms with Gasteiger partial charge in [0.05, 0.1) is 19.3 Å². The summed E-state index contributed by atoms with van der Waals surface area (Å²) in [6.07, 6.45) is 3.51. The lowest BCUT2D eigenvalue weighted by molar-refractivity contribution is 0.0329. The first-order chi connectivity index (χ1) is 8.85. The summed E-state index contributed by atoms with van der Waals surface area (Å²) in [6.45, 7) is 1.46. The van der Waals surface area contributed by atoms with Gasteiger partial charge >= 0.3 is 0 Å². The molecule has 1 aliphatic heterocycles. The van der Waals surface area contributed by atoms with Gasteiger partial charge in [-0.05, 0) is 25.0 Å². The molecule has 18 heavy (non-hydrogen) atoms. The number of hydrogen-bond acceptors (Lipinski definition) is 4. The van der Waals surface area contributed by atoms with Crippen molar-refractivity contribution in [2.45, 2.75) is 31.4 Å². The van der Waals surface area contributed by atoms with Gasteiger partial charge in [-0.15, -0.1) is 0 Å². The normalized spacial score (nSPS) is 26.1. The van der Waals surface area contributed by atoms with Crippen LogP contribution in [-0.4, -0.2) is 32.5 Å². The van der Waals surface area contributed by atoms with Gasteiger partial charge < -0.3 is 19.5 Å². The molecule has 1 aliphatic carbocycles. The monoisotopic (exact) mass is 249 g/mol. The minimum atomic E-state index is 0.419. The van der Waals surface area contributed by atoms with E-state index in [0.29, 0.717) is 12.1 Å². The maximum absolute atomic E-state index is 5.67.